The van der Waals surface area contributed by atoms with Crippen molar-refractivity contribution in [3.63, 3.8) is 0 Å². The van der Waals surface area contributed by atoms with E-state index in [0.29, 0.717) is 11.3 Å². The van der Waals surface area contributed by atoms with Crippen molar-refractivity contribution in [2.45, 2.75) is 75.0 Å². The molecule has 5 nitrogen and oxygen atoms in total. The normalized spacial score (nSPS) is 16.4. The lowest BCUT2D eigenvalue weighted by Crippen LogP contribution is -2.39. The van der Waals surface area contributed by atoms with Crippen molar-refractivity contribution in [1.29, 1.82) is 5.26 Å². The Kier molecular flexibility index (Phi) is 8.85. The van der Waals surface area contributed by atoms with Gasteiger partial charge >= 0.3 is 0 Å². The van der Waals surface area contributed by atoms with Gasteiger partial charge in [-0.05, 0) is 145 Å². The summed E-state index contributed by atoms with van der Waals surface area (Å²) in [5.41, 5.74) is 24.5. The predicted octanol–water partition coefficient (Wildman–Crippen LogP) is 21.2. The van der Waals surface area contributed by atoms with Gasteiger partial charge in [-0.15, -0.1) is 0 Å². The first-order valence-electron chi connectivity index (χ1n) is 30.0. The molecule has 5 heteroatoms. The van der Waals surface area contributed by atoms with Crippen LogP contribution >= 0.6 is 0 Å². The highest BCUT2D eigenvalue weighted by molar-refractivity contribution is 6.34. The van der Waals surface area contributed by atoms with Crippen LogP contribution in [0.4, 0.5) is 5.69 Å². The Morgan fingerprint density at radius 1 is 0.412 bits per heavy atom. The maximum absolute atomic E-state index is 12.1. The van der Waals surface area contributed by atoms with Crippen LogP contribution in [0.25, 0.3) is 131 Å². The van der Waals surface area contributed by atoms with Gasteiger partial charge in [-0.1, -0.05) is 198 Å². The zero-order chi connectivity index (χ0) is 56.6. The predicted molar refractivity (Wildman–Crippen MR) is 346 cm³/mol. The van der Waals surface area contributed by atoms with Gasteiger partial charge in [-0.25, -0.2) is 4.85 Å². The lowest BCUT2D eigenvalue weighted by Gasteiger charge is -2.46. The van der Waals surface area contributed by atoms with Crippen LogP contribution < -0.4 is 0 Å². The number of hydrogen-bond donors (Lipinski definition) is 0. The molecule has 11 aromatic carbocycles. The lowest BCUT2D eigenvalue weighted by atomic mass is 9.56. The quantitative estimate of drug-likeness (QED) is 0.162. The first kappa shape index (κ1) is 47.3. The molecule has 400 valence electrons. The van der Waals surface area contributed by atoms with Gasteiger partial charge < -0.3 is 13.2 Å². The van der Waals surface area contributed by atoms with E-state index in [9.17, 15) is 11.8 Å². The van der Waals surface area contributed by atoms with Crippen molar-refractivity contribution in [3.8, 4) is 50.6 Å². The van der Waals surface area contributed by atoms with E-state index in [-0.39, 0.29) is 5.41 Å². The fraction of sp³-hybridized carbons (Fsp3) is 0.150. The Morgan fingerprint density at radius 3 is 1.28 bits per heavy atom. The molecule has 0 unspecified atom stereocenters. The molecule has 0 amide bonds. The van der Waals surface area contributed by atoms with Gasteiger partial charge in [-0.3, -0.25) is 0 Å². The first-order chi connectivity index (χ1) is 41.6. The number of nitrogens with zero attached hydrogens (tertiary/aromatic N) is 3. The van der Waals surface area contributed by atoms with Gasteiger partial charge in [0.2, 0.25) is 0 Å². The Morgan fingerprint density at radius 2 is 0.812 bits per heavy atom. The zero-order valence-electron chi connectivity index (χ0n) is 47.5. The summed E-state index contributed by atoms with van der Waals surface area (Å²) < 4.78 is 16.8. The summed E-state index contributed by atoms with van der Waals surface area (Å²) in [6.07, 6.45) is 3.49. The third-order valence-corrected chi connectivity index (χ3v) is 21.3. The van der Waals surface area contributed by atoms with E-state index in [1.54, 1.807) is 0 Å². The molecule has 0 atom stereocenters. The van der Waals surface area contributed by atoms with Gasteiger partial charge in [0.25, 0.3) is 0 Å². The SMILES string of the molecule is [C-]#[N+]c1cc2c(c3c1C1(CCC3(C)C)c3ccccc3-c3ccccc31)c1c(-c3cccc4c3oc3ccccc34)cc(-c3cccc4c3oc3ccccc34)c3c4c5c(c(C#N)cc4n2c31)C1(CCC5(C)C)c2ccccc2-c2ccccc21. The molecule has 0 radical (unpaired) electrons. The van der Waals surface area contributed by atoms with Crippen molar-refractivity contribution in [1.82, 2.24) is 4.40 Å². The van der Waals surface area contributed by atoms with Crippen molar-refractivity contribution in [2.24, 2.45) is 0 Å². The van der Waals surface area contributed by atoms with Crippen LogP contribution in [-0.4, -0.2) is 4.40 Å². The second kappa shape index (κ2) is 15.9. The molecule has 0 saturated carbocycles. The number of furan rings is 2. The summed E-state index contributed by atoms with van der Waals surface area (Å²) in [6, 6.07) is 75.8. The first-order valence-corrected chi connectivity index (χ1v) is 30.0. The van der Waals surface area contributed by atoms with Crippen LogP contribution in [0.1, 0.15) is 103 Å². The van der Waals surface area contributed by atoms with Crippen molar-refractivity contribution < 1.29 is 8.83 Å². The minimum Gasteiger partial charge on any atom is -0.455 e. The molecular formula is C80H53N3O2. The number of benzene rings is 11. The molecule has 15 aromatic rings. The summed E-state index contributed by atoms with van der Waals surface area (Å²) in [7, 11) is 0. The third kappa shape index (κ3) is 5.55. The standard InChI is InChI=1S/C80H53N3O2/c1-77(2)36-38-79(57-30-12-6-20-45(57)46-21-7-13-31-58(46)79)70-44(43-81)40-62-68(72(70)77)66-55(53-28-18-26-51-49-24-10-16-34-64(49)84-75(51)53)41-56(54-29-19-27-52-50-25-11-17-35-65(50)85-76(52)54)67-69-63(83(62)74(66)67)42-61(82-5)71-73(69)78(3,4)37-39-80(71)59-32-14-8-22-47(59)48-23-9-15-33-60(48)80/h6-35,40-42H,36-39H2,1-4H3. The lowest BCUT2D eigenvalue weighted by molar-refractivity contribution is 0.371. The number of hydrogen-bond acceptors (Lipinski definition) is 3. The van der Waals surface area contributed by atoms with Crippen molar-refractivity contribution in [3.05, 3.63) is 262 Å². The van der Waals surface area contributed by atoms with Gasteiger partial charge in [0.05, 0.1) is 29.2 Å². The summed E-state index contributed by atoms with van der Waals surface area (Å²) in [6.45, 7) is 19.2. The van der Waals surface area contributed by atoms with Gasteiger partial charge in [-0.2, -0.15) is 5.26 Å². The molecule has 0 saturated heterocycles. The van der Waals surface area contributed by atoms with Gasteiger partial charge in [0.15, 0.2) is 5.69 Å². The number of rotatable bonds is 2. The molecule has 19 rings (SSSR count). The summed E-state index contributed by atoms with van der Waals surface area (Å²) in [5, 5.41) is 20.9. The largest absolute Gasteiger partial charge is 0.455 e. The molecular weight excluding hydrogens is 1030 g/mol. The average Bonchev–Trinajstić information content (AvgIpc) is 1.56. The Bertz CT molecular complexity index is 5230. The summed E-state index contributed by atoms with van der Waals surface area (Å²) in [4.78, 5) is 4.72. The van der Waals surface area contributed by atoms with Crippen LogP contribution in [0.3, 0.4) is 0 Å². The molecule has 4 heterocycles. The van der Waals surface area contributed by atoms with E-state index in [2.05, 4.69) is 238 Å². The maximum Gasteiger partial charge on any atom is 0.194 e. The van der Waals surface area contributed by atoms with Crippen LogP contribution in [0.2, 0.25) is 0 Å². The maximum atomic E-state index is 12.1. The number of fused-ring (bicyclic) bond motifs is 28. The Hall–Kier alpha value is -10.2. The monoisotopic (exact) mass is 1090 g/mol. The van der Waals surface area contributed by atoms with Crippen molar-refractivity contribution >= 4 is 87.7 Å². The summed E-state index contributed by atoms with van der Waals surface area (Å²) in [5.74, 6) is 0. The van der Waals surface area contributed by atoms with Crippen molar-refractivity contribution in [2.75, 3.05) is 0 Å². The highest BCUT2D eigenvalue weighted by Gasteiger charge is 2.55. The minimum atomic E-state index is -0.588. The molecule has 0 N–H and O–H groups in total. The van der Waals surface area contributed by atoms with Crippen LogP contribution in [-0.2, 0) is 21.7 Å². The highest BCUT2D eigenvalue weighted by Crippen LogP contribution is 2.67. The molecule has 2 spiro atoms. The van der Waals surface area contributed by atoms with E-state index in [4.69, 9.17) is 13.7 Å². The van der Waals surface area contributed by atoms with E-state index in [1.807, 2.05) is 0 Å². The fourth-order valence-electron chi connectivity index (χ4n) is 17.9. The van der Waals surface area contributed by atoms with Crippen LogP contribution in [0.5, 0.6) is 0 Å². The fourth-order valence-corrected chi connectivity index (χ4v) is 17.9. The molecule has 85 heavy (non-hydrogen) atoms. The molecule has 4 aromatic heterocycles. The van der Waals surface area contributed by atoms with Gasteiger partial charge in [0.1, 0.15) is 22.3 Å². The van der Waals surface area contributed by atoms with E-state index >= 15 is 0 Å². The topological polar surface area (TPSA) is 58.8 Å². The zero-order valence-corrected chi connectivity index (χ0v) is 47.5. The number of para-hydroxylation sites is 4. The van der Waals surface area contributed by atoms with Crippen LogP contribution in [0, 0.1) is 17.9 Å². The smallest absolute Gasteiger partial charge is 0.194 e. The minimum absolute atomic E-state index is 0.389. The summed E-state index contributed by atoms with van der Waals surface area (Å²) >= 11 is 0. The number of aromatic nitrogens is 1. The Balaban J connectivity index is 1.09. The van der Waals surface area contributed by atoms with Crippen LogP contribution in [0.15, 0.2) is 209 Å². The van der Waals surface area contributed by atoms with E-state index in [0.717, 1.165) is 141 Å². The number of nitriles is 1. The van der Waals surface area contributed by atoms with E-state index < -0.39 is 16.2 Å². The second-order valence-electron chi connectivity index (χ2n) is 26.1. The molecule has 0 bridgehead atoms. The van der Waals surface area contributed by atoms with E-state index in [1.165, 1.54) is 55.6 Å². The molecule has 0 aliphatic heterocycles. The Labute approximate surface area is 490 Å². The second-order valence-corrected chi connectivity index (χ2v) is 26.1. The average molecular weight is 1090 g/mol. The molecule has 0 fully saturated rings. The highest BCUT2D eigenvalue weighted by atomic mass is 16.3. The van der Waals surface area contributed by atoms with Gasteiger partial charge in [0, 0.05) is 70.6 Å². The molecule has 4 aliphatic carbocycles. The third-order valence-electron chi connectivity index (χ3n) is 21.3. The molecule has 4 aliphatic rings.